The van der Waals surface area contributed by atoms with Crippen molar-refractivity contribution in [2.45, 2.75) is 19.4 Å². The lowest BCUT2D eigenvalue weighted by Gasteiger charge is -2.07. The third-order valence-corrected chi connectivity index (χ3v) is 1.95. The van der Waals surface area contributed by atoms with Gasteiger partial charge in [0.2, 0.25) is 6.08 Å². The van der Waals surface area contributed by atoms with Gasteiger partial charge in [-0.15, -0.1) is 0 Å². The molecule has 4 nitrogen and oxygen atoms in total. The van der Waals surface area contributed by atoms with E-state index in [1.54, 1.807) is 24.3 Å². The average molecular weight is 216 g/mol. The molecule has 0 fully saturated rings. The van der Waals surface area contributed by atoms with Gasteiger partial charge in [0.05, 0.1) is 12.7 Å². The Bertz CT molecular complexity index is 431. The molecule has 0 N–H and O–H groups in total. The summed E-state index contributed by atoms with van der Waals surface area (Å²) in [6.45, 7) is 2.64. The molecule has 0 heterocycles. The van der Waals surface area contributed by atoms with Gasteiger partial charge in [0.25, 0.3) is 0 Å². The van der Waals surface area contributed by atoms with E-state index in [0.717, 1.165) is 6.42 Å². The molecule has 0 saturated heterocycles. The van der Waals surface area contributed by atoms with E-state index in [2.05, 4.69) is 4.99 Å². The molecule has 82 valence electrons. The predicted octanol–water partition coefficient (Wildman–Crippen LogP) is 2.38. The molecule has 1 unspecified atom stereocenters. The number of carbonyl (C=O) groups excluding carboxylic acids is 1. The molecule has 0 amide bonds. The highest BCUT2D eigenvalue weighted by molar-refractivity contribution is 5.39. The molecule has 0 radical (unpaired) electrons. The van der Waals surface area contributed by atoms with Crippen LogP contribution in [-0.4, -0.2) is 12.7 Å². The topological polar surface area (TPSA) is 62.4 Å². The minimum absolute atomic E-state index is 0.623. The Hall–Kier alpha value is -2.11. The van der Waals surface area contributed by atoms with Crippen LogP contribution in [0.1, 0.15) is 24.9 Å². The number of ether oxygens (including phenoxy) is 1. The van der Waals surface area contributed by atoms with Crippen LogP contribution in [0.3, 0.4) is 0 Å². The summed E-state index contributed by atoms with van der Waals surface area (Å²) in [5.41, 5.74) is 0.638. The molecule has 1 atom stereocenters. The molecular weight excluding hydrogens is 204 g/mol. The van der Waals surface area contributed by atoms with Gasteiger partial charge in [0.15, 0.2) is 6.04 Å². The Labute approximate surface area is 94.2 Å². The standard InChI is InChI=1S/C12H12N2O2/c1-2-6-16-11-5-3-4-10(7-11)12(8-13)14-9-15/h3-5,7,12H,2,6H2,1H3. The van der Waals surface area contributed by atoms with Crippen LogP contribution in [0.15, 0.2) is 29.3 Å². The summed E-state index contributed by atoms with van der Waals surface area (Å²) in [6, 6.07) is 8.13. The zero-order chi connectivity index (χ0) is 11.8. The Balaban J connectivity index is 2.88. The summed E-state index contributed by atoms with van der Waals surface area (Å²) in [6.07, 6.45) is 2.31. The Morgan fingerprint density at radius 3 is 3.00 bits per heavy atom. The fourth-order valence-corrected chi connectivity index (χ4v) is 1.22. The minimum atomic E-state index is -0.803. The van der Waals surface area contributed by atoms with Gasteiger partial charge in [0, 0.05) is 0 Å². The SMILES string of the molecule is CCCOc1cccc(C(C#N)N=C=O)c1. The Morgan fingerprint density at radius 2 is 2.38 bits per heavy atom. The molecule has 0 saturated carbocycles. The Morgan fingerprint density at radius 1 is 1.56 bits per heavy atom. The van der Waals surface area contributed by atoms with Gasteiger partial charge in [-0.3, -0.25) is 0 Å². The molecule has 1 aromatic carbocycles. The van der Waals surface area contributed by atoms with Crippen LogP contribution in [-0.2, 0) is 4.79 Å². The van der Waals surface area contributed by atoms with E-state index in [-0.39, 0.29) is 0 Å². The fraction of sp³-hybridized carbons (Fsp3) is 0.333. The van der Waals surface area contributed by atoms with Gasteiger partial charge in [-0.1, -0.05) is 19.1 Å². The molecule has 0 aliphatic heterocycles. The van der Waals surface area contributed by atoms with Crippen LogP contribution in [0.25, 0.3) is 0 Å². The van der Waals surface area contributed by atoms with Crippen molar-refractivity contribution in [1.29, 1.82) is 5.26 Å². The molecule has 1 rings (SSSR count). The molecule has 0 spiro atoms. The van der Waals surface area contributed by atoms with Crippen molar-refractivity contribution in [3.63, 3.8) is 0 Å². The maximum absolute atomic E-state index is 10.1. The van der Waals surface area contributed by atoms with E-state index in [4.69, 9.17) is 10.00 Å². The van der Waals surface area contributed by atoms with Crippen molar-refractivity contribution >= 4 is 6.08 Å². The number of hydrogen-bond donors (Lipinski definition) is 0. The van der Waals surface area contributed by atoms with Gasteiger partial charge in [-0.25, -0.2) is 4.79 Å². The first-order valence-electron chi connectivity index (χ1n) is 5.01. The first kappa shape index (κ1) is 12.0. The summed E-state index contributed by atoms with van der Waals surface area (Å²) in [4.78, 5) is 13.5. The van der Waals surface area contributed by atoms with E-state index < -0.39 is 6.04 Å². The van der Waals surface area contributed by atoms with Crippen molar-refractivity contribution in [3.8, 4) is 11.8 Å². The van der Waals surface area contributed by atoms with Gasteiger partial charge < -0.3 is 4.74 Å². The third-order valence-electron chi connectivity index (χ3n) is 1.95. The summed E-state index contributed by atoms with van der Waals surface area (Å²) in [7, 11) is 0. The number of aliphatic imine (C=N–C) groups is 1. The second-order valence-corrected chi connectivity index (χ2v) is 3.17. The lowest BCUT2D eigenvalue weighted by atomic mass is 10.1. The first-order valence-corrected chi connectivity index (χ1v) is 5.01. The number of benzene rings is 1. The van der Waals surface area contributed by atoms with Crippen LogP contribution in [0, 0.1) is 11.3 Å². The van der Waals surface area contributed by atoms with Crippen molar-refractivity contribution in [1.82, 2.24) is 0 Å². The molecule has 0 aliphatic carbocycles. The monoisotopic (exact) mass is 216 g/mol. The van der Waals surface area contributed by atoms with E-state index >= 15 is 0 Å². The van der Waals surface area contributed by atoms with Crippen LogP contribution in [0.4, 0.5) is 0 Å². The number of nitriles is 1. The predicted molar refractivity (Wildman–Crippen MR) is 58.7 cm³/mol. The number of isocyanates is 1. The lowest BCUT2D eigenvalue weighted by Crippen LogP contribution is -1.97. The minimum Gasteiger partial charge on any atom is -0.494 e. The molecule has 1 aromatic rings. The van der Waals surface area contributed by atoms with Crippen LogP contribution in [0.5, 0.6) is 5.75 Å². The average Bonchev–Trinajstić information content (AvgIpc) is 2.33. The maximum Gasteiger partial charge on any atom is 0.236 e. The lowest BCUT2D eigenvalue weighted by molar-refractivity contribution is 0.317. The summed E-state index contributed by atoms with van der Waals surface area (Å²) in [5.74, 6) is 0.681. The summed E-state index contributed by atoms with van der Waals surface area (Å²) >= 11 is 0. The molecule has 0 aromatic heterocycles. The number of hydrogen-bond acceptors (Lipinski definition) is 4. The Kier molecular flexibility index (Phi) is 4.78. The van der Waals surface area contributed by atoms with E-state index in [1.807, 2.05) is 13.0 Å². The van der Waals surface area contributed by atoms with Crippen LogP contribution >= 0.6 is 0 Å². The smallest absolute Gasteiger partial charge is 0.236 e. The molecule has 16 heavy (non-hydrogen) atoms. The van der Waals surface area contributed by atoms with E-state index in [9.17, 15) is 4.79 Å². The number of nitrogens with zero attached hydrogens (tertiary/aromatic N) is 2. The molecule has 4 heteroatoms. The van der Waals surface area contributed by atoms with Gasteiger partial charge in [-0.05, 0) is 24.1 Å². The molecular formula is C12H12N2O2. The largest absolute Gasteiger partial charge is 0.494 e. The second kappa shape index (κ2) is 6.39. The molecule has 0 bridgehead atoms. The highest BCUT2D eigenvalue weighted by Gasteiger charge is 2.09. The second-order valence-electron chi connectivity index (χ2n) is 3.17. The van der Waals surface area contributed by atoms with E-state index in [1.165, 1.54) is 6.08 Å². The van der Waals surface area contributed by atoms with Crippen molar-refractivity contribution < 1.29 is 9.53 Å². The zero-order valence-corrected chi connectivity index (χ0v) is 9.01. The van der Waals surface area contributed by atoms with Gasteiger partial charge in [-0.2, -0.15) is 10.3 Å². The summed E-state index contributed by atoms with van der Waals surface area (Å²) in [5, 5.41) is 8.81. The highest BCUT2D eigenvalue weighted by Crippen LogP contribution is 2.21. The van der Waals surface area contributed by atoms with Crippen molar-refractivity contribution in [2.75, 3.05) is 6.61 Å². The van der Waals surface area contributed by atoms with E-state index in [0.29, 0.717) is 17.9 Å². The maximum atomic E-state index is 10.1. The number of rotatable bonds is 5. The van der Waals surface area contributed by atoms with Crippen LogP contribution in [0.2, 0.25) is 0 Å². The molecule has 0 aliphatic rings. The van der Waals surface area contributed by atoms with Gasteiger partial charge in [0.1, 0.15) is 5.75 Å². The van der Waals surface area contributed by atoms with Crippen LogP contribution < -0.4 is 4.74 Å². The zero-order valence-electron chi connectivity index (χ0n) is 9.01. The first-order chi connectivity index (χ1) is 7.81. The highest BCUT2D eigenvalue weighted by atomic mass is 16.5. The van der Waals surface area contributed by atoms with Crippen molar-refractivity contribution in [3.05, 3.63) is 29.8 Å². The van der Waals surface area contributed by atoms with Crippen molar-refractivity contribution in [2.24, 2.45) is 4.99 Å². The van der Waals surface area contributed by atoms with Gasteiger partial charge >= 0.3 is 0 Å². The summed E-state index contributed by atoms with van der Waals surface area (Å²) < 4.78 is 5.42. The third kappa shape index (κ3) is 3.23. The normalized spacial score (nSPS) is 11.0. The fourth-order valence-electron chi connectivity index (χ4n) is 1.22. The quantitative estimate of drug-likeness (QED) is 0.560.